The van der Waals surface area contributed by atoms with Crippen LogP contribution in [0.25, 0.3) is 10.3 Å². The van der Waals surface area contributed by atoms with Crippen LogP contribution < -0.4 is 14.8 Å². The number of carbonyl (C=O) groups is 1. The first-order chi connectivity index (χ1) is 16.8. The molecule has 0 spiro atoms. The maximum atomic E-state index is 12.5. The summed E-state index contributed by atoms with van der Waals surface area (Å²) in [5, 5.41) is 4.07. The van der Waals surface area contributed by atoms with Crippen molar-refractivity contribution in [1.82, 2.24) is 14.7 Å². The molecule has 0 saturated heterocycles. The van der Waals surface area contributed by atoms with Crippen LogP contribution in [0.3, 0.4) is 0 Å². The van der Waals surface area contributed by atoms with E-state index in [-0.39, 0.29) is 17.2 Å². The van der Waals surface area contributed by atoms with Gasteiger partial charge >= 0.3 is 0 Å². The molecule has 1 saturated carbocycles. The number of hydrogen-bond acceptors (Lipinski definition) is 8. The third-order valence-electron chi connectivity index (χ3n) is 6.33. The Balaban J connectivity index is 1.57. The summed E-state index contributed by atoms with van der Waals surface area (Å²) in [6.45, 7) is 5.94. The topological polar surface area (TPSA) is 110 Å². The van der Waals surface area contributed by atoms with E-state index in [9.17, 15) is 13.2 Å². The van der Waals surface area contributed by atoms with Gasteiger partial charge in [-0.15, -0.1) is 0 Å². The quantitative estimate of drug-likeness (QED) is 0.382. The zero-order chi connectivity index (χ0) is 25.0. The van der Waals surface area contributed by atoms with Gasteiger partial charge in [0, 0.05) is 24.1 Å². The van der Waals surface area contributed by atoms with Gasteiger partial charge in [0.2, 0.25) is 11.8 Å². The van der Waals surface area contributed by atoms with Gasteiger partial charge in [-0.05, 0) is 36.1 Å². The summed E-state index contributed by atoms with van der Waals surface area (Å²) in [6.07, 6.45) is 5.85. The number of rotatable bonds is 10. The third kappa shape index (κ3) is 5.99. The van der Waals surface area contributed by atoms with Crippen molar-refractivity contribution in [2.45, 2.75) is 56.3 Å². The molecule has 4 rings (SSSR count). The highest BCUT2D eigenvalue weighted by Gasteiger charge is 2.25. The molecule has 1 unspecified atom stereocenters. The second kappa shape index (κ2) is 10.7. The van der Waals surface area contributed by atoms with Crippen LogP contribution in [0.2, 0.25) is 0 Å². The van der Waals surface area contributed by atoms with Gasteiger partial charge in [-0.1, -0.05) is 62.7 Å². The Morgan fingerprint density at radius 1 is 1.17 bits per heavy atom. The van der Waals surface area contributed by atoms with E-state index in [4.69, 9.17) is 4.74 Å². The predicted octanol–water partition coefficient (Wildman–Crippen LogP) is 5.20. The number of benzene rings is 1. The first kappa shape index (κ1) is 25.1. The lowest BCUT2D eigenvalue weighted by Gasteiger charge is -2.24. The van der Waals surface area contributed by atoms with E-state index in [0.717, 1.165) is 28.0 Å². The number of sulfonamides is 1. The molecule has 1 atom stereocenters. The Morgan fingerprint density at radius 3 is 2.54 bits per heavy atom. The number of carbonyl (C=O) groups excluding carboxylic acids is 1. The van der Waals surface area contributed by atoms with Gasteiger partial charge in [0.1, 0.15) is 10.3 Å². The fourth-order valence-electron chi connectivity index (χ4n) is 4.41. The molecule has 35 heavy (non-hydrogen) atoms. The van der Waals surface area contributed by atoms with Crippen LogP contribution >= 0.6 is 11.3 Å². The van der Waals surface area contributed by atoms with Crippen LogP contribution in [0, 0.1) is 5.92 Å². The van der Waals surface area contributed by atoms with Crippen molar-refractivity contribution < 1.29 is 17.9 Å². The van der Waals surface area contributed by atoms with Crippen molar-refractivity contribution >= 4 is 42.7 Å². The molecule has 0 aliphatic heterocycles. The molecule has 3 aromatic rings. The zero-order valence-electron chi connectivity index (χ0n) is 19.9. The van der Waals surface area contributed by atoms with Gasteiger partial charge in [0.15, 0.2) is 5.13 Å². The van der Waals surface area contributed by atoms with Crippen LogP contribution in [0.1, 0.15) is 56.9 Å². The first-order valence-corrected chi connectivity index (χ1v) is 14.0. The van der Waals surface area contributed by atoms with Gasteiger partial charge in [0.25, 0.3) is 10.0 Å². The number of allylic oxidation sites excluding steroid dienone is 1. The monoisotopic (exact) mass is 514 g/mol. The van der Waals surface area contributed by atoms with Crippen molar-refractivity contribution in [1.29, 1.82) is 0 Å². The normalized spacial score (nSPS) is 15.1. The number of fused-ring (bicyclic) bond motifs is 1. The van der Waals surface area contributed by atoms with Gasteiger partial charge in [-0.25, -0.2) is 23.1 Å². The lowest BCUT2D eigenvalue weighted by atomic mass is 9.86. The van der Waals surface area contributed by atoms with E-state index in [0.29, 0.717) is 16.9 Å². The second-order valence-corrected chi connectivity index (χ2v) is 11.4. The first-order valence-electron chi connectivity index (χ1n) is 11.7. The number of pyridine rings is 1. The zero-order valence-corrected chi connectivity index (χ0v) is 21.5. The Labute approximate surface area is 209 Å². The summed E-state index contributed by atoms with van der Waals surface area (Å²) in [7, 11) is -2.31. The maximum absolute atomic E-state index is 12.5. The van der Waals surface area contributed by atoms with Gasteiger partial charge in [-0.2, -0.15) is 0 Å². The minimum absolute atomic E-state index is 0.0189. The molecule has 2 aromatic heterocycles. The van der Waals surface area contributed by atoms with Crippen LogP contribution in [0.4, 0.5) is 5.13 Å². The summed E-state index contributed by atoms with van der Waals surface area (Å²) in [5.41, 5.74) is 2.55. The largest absolute Gasteiger partial charge is 0.481 e. The molecular weight excluding hydrogens is 484 g/mol. The molecule has 0 bridgehead atoms. The molecule has 1 aromatic carbocycles. The average molecular weight is 515 g/mol. The molecule has 1 aliphatic rings. The van der Waals surface area contributed by atoms with E-state index in [1.165, 1.54) is 37.0 Å². The number of aromatic nitrogens is 2. The standard InChI is InChI=1S/C25H30N4O4S2/c1-4-22(30)29-35(31,32)19-11-9-18(10-12-19)20(15-17-7-5-6-8-17)16(2)26-25-27-21-13-14-23(33-3)28-24(21)34-25/h9-14,17,20H,2,4-8,15H2,1,3H3,(H,26,27)(H,29,30). The van der Waals surface area contributed by atoms with Crippen LogP contribution in [0.5, 0.6) is 5.88 Å². The third-order valence-corrected chi connectivity index (χ3v) is 8.60. The fourth-order valence-corrected chi connectivity index (χ4v) is 6.33. The summed E-state index contributed by atoms with van der Waals surface area (Å²) < 4.78 is 32.3. The molecule has 8 nitrogen and oxygen atoms in total. The van der Waals surface area contributed by atoms with Gasteiger partial charge in [0.05, 0.1) is 12.0 Å². The molecule has 2 N–H and O–H groups in total. The molecule has 2 heterocycles. The molecule has 10 heteroatoms. The SMILES string of the molecule is C=C(Nc1nc2ccc(OC)nc2s1)C(CC1CCCC1)c1ccc(S(=O)(=O)NC(=O)CC)cc1. The van der Waals surface area contributed by atoms with Crippen molar-refractivity contribution in [3.63, 3.8) is 0 Å². The molecule has 1 fully saturated rings. The molecule has 1 amide bonds. The number of methoxy groups -OCH3 is 1. The maximum Gasteiger partial charge on any atom is 0.264 e. The Morgan fingerprint density at radius 2 is 1.89 bits per heavy atom. The summed E-state index contributed by atoms with van der Waals surface area (Å²) >= 11 is 1.43. The fraction of sp³-hybridized carbons (Fsp3) is 0.400. The van der Waals surface area contributed by atoms with Crippen LogP contribution in [-0.2, 0) is 14.8 Å². The predicted molar refractivity (Wildman–Crippen MR) is 138 cm³/mol. The lowest BCUT2D eigenvalue weighted by molar-refractivity contribution is -0.119. The van der Waals surface area contributed by atoms with Crippen LogP contribution in [0.15, 0.2) is 53.6 Å². The van der Waals surface area contributed by atoms with E-state index >= 15 is 0 Å². The lowest BCUT2D eigenvalue weighted by Crippen LogP contribution is -2.29. The minimum Gasteiger partial charge on any atom is -0.481 e. The number of nitrogens with zero attached hydrogens (tertiary/aromatic N) is 2. The Kier molecular flexibility index (Phi) is 7.71. The number of nitrogens with one attached hydrogen (secondary N) is 2. The molecule has 1 aliphatic carbocycles. The Bertz CT molecular complexity index is 1310. The van der Waals surface area contributed by atoms with E-state index in [2.05, 4.69) is 26.6 Å². The number of thiazole rings is 1. The van der Waals surface area contributed by atoms with Crippen molar-refractivity contribution in [2.24, 2.45) is 5.92 Å². The van der Waals surface area contributed by atoms with E-state index in [1.54, 1.807) is 32.2 Å². The van der Waals surface area contributed by atoms with Crippen LogP contribution in [-0.4, -0.2) is 31.4 Å². The minimum atomic E-state index is -3.89. The molecule has 0 radical (unpaired) electrons. The second-order valence-electron chi connectivity index (χ2n) is 8.74. The number of anilines is 1. The number of hydrogen-bond donors (Lipinski definition) is 2. The highest BCUT2D eigenvalue weighted by atomic mass is 32.2. The highest BCUT2D eigenvalue weighted by Crippen LogP contribution is 2.38. The van der Waals surface area contributed by atoms with E-state index in [1.807, 2.05) is 18.2 Å². The number of amides is 1. The summed E-state index contributed by atoms with van der Waals surface area (Å²) in [4.78, 5) is 21.5. The van der Waals surface area contributed by atoms with Gasteiger partial charge < -0.3 is 10.1 Å². The van der Waals surface area contributed by atoms with E-state index < -0.39 is 15.9 Å². The smallest absolute Gasteiger partial charge is 0.264 e. The number of ether oxygens (including phenoxy) is 1. The Hall–Kier alpha value is -2.98. The van der Waals surface area contributed by atoms with Crippen molar-refractivity contribution in [3.05, 3.63) is 54.2 Å². The molecular formula is C25H30N4O4S2. The summed E-state index contributed by atoms with van der Waals surface area (Å²) in [5.74, 6) is 0.575. The summed E-state index contributed by atoms with van der Waals surface area (Å²) in [6, 6.07) is 10.4. The highest BCUT2D eigenvalue weighted by molar-refractivity contribution is 7.90. The van der Waals surface area contributed by atoms with Gasteiger partial charge in [-0.3, -0.25) is 4.79 Å². The van der Waals surface area contributed by atoms with Crippen molar-refractivity contribution in [3.8, 4) is 5.88 Å². The molecule has 186 valence electrons. The van der Waals surface area contributed by atoms with Crippen molar-refractivity contribution in [2.75, 3.05) is 12.4 Å². The average Bonchev–Trinajstić information content (AvgIpc) is 3.51.